The molecule has 0 saturated heterocycles. The van der Waals surface area contributed by atoms with Gasteiger partial charge in [0.15, 0.2) is 5.76 Å². The third kappa shape index (κ3) is 1.62. The summed E-state index contributed by atoms with van der Waals surface area (Å²) in [5, 5.41) is 0. The Morgan fingerprint density at radius 1 is 1.36 bits per heavy atom. The van der Waals surface area contributed by atoms with Crippen molar-refractivity contribution in [2.45, 2.75) is 20.0 Å². The zero-order chi connectivity index (χ0) is 10.7. The second kappa shape index (κ2) is 4.22. The number of ether oxygens (including phenoxy) is 2. The Kier molecular flexibility index (Phi) is 3.23. The second-order valence-electron chi connectivity index (χ2n) is 3.00. The molecule has 0 N–H and O–H groups in total. The van der Waals surface area contributed by atoms with E-state index in [0.717, 1.165) is 5.71 Å². The van der Waals surface area contributed by atoms with Gasteiger partial charge in [-0.3, -0.25) is 4.99 Å². The summed E-state index contributed by atoms with van der Waals surface area (Å²) in [7, 11) is 3.02. The Balaban J connectivity index is 3.26. The highest BCUT2D eigenvalue weighted by Crippen LogP contribution is 2.25. The van der Waals surface area contributed by atoms with Gasteiger partial charge >= 0.3 is 0 Å². The first-order valence-corrected chi connectivity index (χ1v) is 4.24. The van der Waals surface area contributed by atoms with Crippen LogP contribution in [0, 0.1) is 0 Å². The summed E-state index contributed by atoms with van der Waals surface area (Å²) in [6, 6.07) is 0. The lowest BCUT2D eigenvalue weighted by molar-refractivity contribution is 0.170. The van der Waals surface area contributed by atoms with E-state index in [9.17, 15) is 4.79 Å². The van der Waals surface area contributed by atoms with E-state index in [4.69, 9.17) is 9.47 Å². The molecule has 0 aromatic carbocycles. The van der Waals surface area contributed by atoms with E-state index < -0.39 is 6.10 Å². The zero-order valence-electron chi connectivity index (χ0n) is 8.75. The van der Waals surface area contributed by atoms with E-state index in [0.29, 0.717) is 17.0 Å². The molecule has 1 rings (SSSR count). The first kappa shape index (κ1) is 10.7. The predicted molar refractivity (Wildman–Crippen MR) is 52.8 cm³/mol. The molecule has 1 atom stereocenters. The molecule has 4 heteroatoms. The summed E-state index contributed by atoms with van der Waals surface area (Å²) in [4.78, 5) is 15.0. The number of rotatable bonds is 2. The highest BCUT2D eigenvalue weighted by atomic mass is 16.5. The minimum absolute atomic E-state index is 0.375. The van der Waals surface area contributed by atoms with Crippen LogP contribution in [0.25, 0.3) is 0 Å². The van der Waals surface area contributed by atoms with Crippen LogP contribution in [0.3, 0.4) is 0 Å². The largest absolute Gasteiger partial charge is 0.494 e. The highest BCUT2D eigenvalue weighted by Gasteiger charge is 2.28. The minimum Gasteiger partial charge on any atom is -0.494 e. The van der Waals surface area contributed by atoms with Crippen LogP contribution in [0.2, 0.25) is 0 Å². The number of hydrogen-bond acceptors (Lipinski definition) is 4. The van der Waals surface area contributed by atoms with Gasteiger partial charge in [0.25, 0.3) is 0 Å². The van der Waals surface area contributed by atoms with Crippen LogP contribution in [0.4, 0.5) is 0 Å². The molecule has 1 aliphatic heterocycles. The fraction of sp³-hybridized carbons (Fsp3) is 0.500. The Morgan fingerprint density at radius 3 is 2.43 bits per heavy atom. The van der Waals surface area contributed by atoms with Crippen molar-refractivity contribution in [2.24, 2.45) is 4.99 Å². The smallest absolute Gasteiger partial charge is 0.157 e. The van der Waals surface area contributed by atoms with Gasteiger partial charge in [-0.05, 0) is 13.8 Å². The van der Waals surface area contributed by atoms with Crippen molar-refractivity contribution in [3.8, 4) is 0 Å². The van der Waals surface area contributed by atoms with E-state index in [1.165, 1.54) is 14.2 Å². The molecule has 0 fully saturated rings. The lowest BCUT2D eigenvalue weighted by atomic mass is 10.0. The normalized spacial score (nSPS) is 21.9. The maximum atomic E-state index is 10.8. The molecule has 0 saturated carbocycles. The molecular formula is C10H13NO3. The van der Waals surface area contributed by atoms with Crippen molar-refractivity contribution in [2.75, 3.05) is 14.2 Å². The third-order valence-electron chi connectivity index (χ3n) is 2.11. The molecule has 1 aliphatic rings. The van der Waals surface area contributed by atoms with E-state index in [2.05, 4.69) is 4.99 Å². The standard InChI is InChI=1S/C10H13NO3/c1-6-9(13-3)8(5-12)10(14-4)7(2)11-6/h9H,1-4H3. The molecule has 0 spiro atoms. The average Bonchev–Trinajstić information content (AvgIpc) is 2.16. The molecule has 0 bridgehead atoms. The average molecular weight is 195 g/mol. The topological polar surface area (TPSA) is 47.9 Å². The molecule has 1 unspecified atom stereocenters. The summed E-state index contributed by atoms with van der Waals surface area (Å²) >= 11 is 0. The van der Waals surface area contributed by atoms with E-state index >= 15 is 0 Å². The number of hydrogen-bond donors (Lipinski definition) is 0. The zero-order valence-corrected chi connectivity index (χ0v) is 8.75. The van der Waals surface area contributed by atoms with Crippen molar-refractivity contribution in [3.63, 3.8) is 0 Å². The predicted octanol–water partition coefficient (Wildman–Crippen LogP) is 1.11. The van der Waals surface area contributed by atoms with Gasteiger partial charge in [-0.1, -0.05) is 0 Å². The van der Waals surface area contributed by atoms with Crippen molar-refractivity contribution < 1.29 is 14.3 Å². The number of nitrogens with zero attached hydrogens (tertiary/aromatic N) is 1. The summed E-state index contributed by atoms with van der Waals surface area (Å²) in [6.45, 7) is 3.59. The SMILES string of the molecule is COC1=C(C)N=C(C)C(OC)C1=C=O. The molecule has 0 aromatic heterocycles. The van der Waals surface area contributed by atoms with Crippen LogP contribution in [0.15, 0.2) is 22.0 Å². The maximum absolute atomic E-state index is 10.8. The van der Waals surface area contributed by atoms with E-state index in [1.54, 1.807) is 13.8 Å². The second-order valence-corrected chi connectivity index (χ2v) is 3.00. The fourth-order valence-electron chi connectivity index (χ4n) is 1.54. The molecule has 0 aliphatic carbocycles. The van der Waals surface area contributed by atoms with Crippen LogP contribution in [-0.2, 0) is 14.3 Å². The fourth-order valence-corrected chi connectivity index (χ4v) is 1.54. The molecule has 4 nitrogen and oxygen atoms in total. The highest BCUT2D eigenvalue weighted by molar-refractivity contribution is 5.95. The Hall–Kier alpha value is -1.38. The molecule has 0 aromatic rings. The minimum atomic E-state index is -0.439. The van der Waals surface area contributed by atoms with Crippen molar-refractivity contribution in [3.05, 3.63) is 17.0 Å². The molecule has 76 valence electrons. The van der Waals surface area contributed by atoms with Crippen LogP contribution in [0.5, 0.6) is 0 Å². The summed E-state index contributed by atoms with van der Waals surface area (Å²) in [5.41, 5.74) is 1.79. The Bertz CT molecular complexity index is 348. The summed E-state index contributed by atoms with van der Waals surface area (Å²) in [5.74, 6) is 2.30. The Labute approximate surface area is 82.9 Å². The van der Waals surface area contributed by atoms with Gasteiger partial charge in [0.2, 0.25) is 0 Å². The lowest BCUT2D eigenvalue weighted by Gasteiger charge is -2.22. The van der Waals surface area contributed by atoms with Gasteiger partial charge in [-0.2, -0.15) is 0 Å². The van der Waals surface area contributed by atoms with E-state index in [-0.39, 0.29) is 0 Å². The van der Waals surface area contributed by atoms with E-state index in [1.807, 2.05) is 5.94 Å². The third-order valence-corrected chi connectivity index (χ3v) is 2.11. The van der Waals surface area contributed by atoms with Gasteiger partial charge in [0.05, 0.1) is 12.8 Å². The molecule has 0 amide bonds. The van der Waals surface area contributed by atoms with Crippen LogP contribution in [-0.4, -0.2) is 32.0 Å². The van der Waals surface area contributed by atoms with Gasteiger partial charge in [-0.25, -0.2) is 4.79 Å². The molecular weight excluding hydrogens is 182 g/mol. The van der Waals surface area contributed by atoms with Gasteiger partial charge < -0.3 is 9.47 Å². The molecule has 1 heterocycles. The van der Waals surface area contributed by atoms with Gasteiger partial charge in [0.1, 0.15) is 17.6 Å². The number of carbonyl (C=O) groups excluding carboxylic acids is 1. The molecule has 0 radical (unpaired) electrons. The lowest BCUT2D eigenvalue weighted by Crippen LogP contribution is -2.28. The monoisotopic (exact) mass is 195 g/mol. The van der Waals surface area contributed by atoms with Crippen molar-refractivity contribution >= 4 is 11.7 Å². The number of aliphatic imine (C=N–C) groups is 1. The maximum Gasteiger partial charge on any atom is 0.157 e. The summed E-state index contributed by atoms with van der Waals surface area (Å²) < 4.78 is 10.2. The number of methoxy groups -OCH3 is 2. The number of allylic oxidation sites excluding steroid dienone is 1. The molecule has 14 heavy (non-hydrogen) atoms. The Morgan fingerprint density at radius 2 is 2.00 bits per heavy atom. The van der Waals surface area contributed by atoms with Crippen LogP contribution >= 0.6 is 0 Å². The first-order chi connectivity index (χ1) is 6.65. The summed E-state index contributed by atoms with van der Waals surface area (Å²) in [6.07, 6.45) is -0.439. The van der Waals surface area contributed by atoms with Crippen LogP contribution < -0.4 is 0 Å². The van der Waals surface area contributed by atoms with Gasteiger partial charge in [0, 0.05) is 12.8 Å². The van der Waals surface area contributed by atoms with Crippen molar-refractivity contribution in [1.29, 1.82) is 0 Å². The van der Waals surface area contributed by atoms with Gasteiger partial charge in [-0.15, -0.1) is 0 Å². The van der Waals surface area contributed by atoms with Crippen LogP contribution in [0.1, 0.15) is 13.8 Å². The quantitative estimate of drug-likeness (QED) is 0.620. The van der Waals surface area contributed by atoms with Crippen molar-refractivity contribution in [1.82, 2.24) is 0 Å². The first-order valence-electron chi connectivity index (χ1n) is 4.24.